The number of nitrogens with two attached hydrogens (primary N) is 1. The van der Waals surface area contributed by atoms with Crippen LogP contribution in [0.4, 0.5) is 0 Å². The summed E-state index contributed by atoms with van der Waals surface area (Å²) in [6.07, 6.45) is 1.24. The van der Waals surface area contributed by atoms with E-state index in [2.05, 4.69) is 15.5 Å². The number of nitrogens with zero attached hydrogens (tertiary/aromatic N) is 1. The van der Waals surface area contributed by atoms with Gasteiger partial charge in [0.1, 0.15) is 0 Å². The van der Waals surface area contributed by atoms with Gasteiger partial charge in [-0.25, -0.2) is 0 Å². The molecule has 0 radical (unpaired) electrons. The van der Waals surface area contributed by atoms with Crippen LogP contribution in [0.25, 0.3) is 0 Å². The summed E-state index contributed by atoms with van der Waals surface area (Å²) in [6, 6.07) is 0. The number of carbonyl (C=O) groups is 1. The highest BCUT2D eigenvalue weighted by molar-refractivity contribution is 7.07. The predicted octanol–water partition coefficient (Wildman–Crippen LogP) is 0.215. The molecule has 0 aliphatic heterocycles. The zero-order chi connectivity index (χ0) is 13.5. The Morgan fingerprint density at radius 2 is 2.44 bits per heavy atom. The maximum Gasteiger partial charge on any atom is 0.304 e. The van der Waals surface area contributed by atoms with Gasteiger partial charge in [0.2, 0.25) is 5.91 Å². The monoisotopic (exact) mass is 272 g/mol. The number of oxime groups is 1. The molecular weight excluding hydrogens is 256 g/mol. The molecule has 1 unspecified atom stereocenters. The number of amidine groups is 1. The lowest BCUT2D eigenvalue weighted by molar-refractivity contribution is -0.123. The lowest BCUT2D eigenvalue weighted by atomic mass is 10.0. The van der Waals surface area contributed by atoms with Crippen LogP contribution in [0.2, 0.25) is 0 Å². The number of aromatic amines is 1. The van der Waals surface area contributed by atoms with Gasteiger partial charge in [-0.3, -0.25) is 9.59 Å². The molecule has 7 nitrogen and oxygen atoms in total. The largest absolute Gasteiger partial charge is 0.409 e. The van der Waals surface area contributed by atoms with Crippen molar-refractivity contribution in [2.45, 2.75) is 26.3 Å². The van der Waals surface area contributed by atoms with E-state index in [9.17, 15) is 9.59 Å². The number of aromatic nitrogens is 1. The molecule has 5 N–H and O–H groups in total. The van der Waals surface area contributed by atoms with Crippen LogP contribution >= 0.6 is 11.3 Å². The van der Waals surface area contributed by atoms with Crippen LogP contribution in [0.15, 0.2) is 15.3 Å². The number of amides is 1. The molecule has 18 heavy (non-hydrogen) atoms. The van der Waals surface area contributed by atoms with Gasteiger partial charge in [-0.1, -0.05) is 29.8 Å². The van der Waals surface area contributed by atoms with Crippen LogP contribution in [0.5, 0.6) is 0 Å². The standard InChI is InChI=1S/C10H16N4O3S/c1-2-3-7(8(11)14-17)9(15)12-4-6-5-18-10(16)13-6/h5,7,17H,2-4H2,1H3,(H2,11,14)(H,12,15)(H,13,16). The van der Waals surface area contributed by atoms with Crippen molar-refractivity contribution in [3.63, 3.8) is 0 Å². The average Bonchev–Trinajstić information content (AvgIpc) is 2.78. The Labute approximate surface area is 108 Å². The van der Waals surface area contributed by atoms with E-state index in [0.29, 0.717) is 12.1 Å². The van der Waals surface area contributed by atoms with E-state index in [1.807, 2.05) is 6.92 Å². The third-order valence-electron chi connectivity index (χ3n) is 2.39. The summed E-state index contributed by atoms with van der Waals surface area (Å²) in [5.74, 6) is -1.07. The van der Waals surface area contributed by atoms with Gasteiger partial charge in [-0.15, -0.1) is 0 Å². The first-order valence-electron chi connectivity index (χ1n) is 5.50. The fourth-order valence-corrected chi connectivity index (χ4v) is 2.06. The van der Waals surface area contributed by atoms with Gasteiger partial charge < -0.3 is 21.2 Å². The van der Waals surface area contributed by atoms with Gasteiger partial charge in [0.05, 0.1) is 12.5 Å². The quantitative estimate of drug-likeness (QED) is 0.256. The highest BCUT2D eigenvalue weighted by Gasteiger charge is 2.21. The predicted molar refractivity (Wildman–Crippen MR) is 68.6 cm³/mol. The topological polar surface area (TPSA) is 121 Å². The number of thiazole rings is 1. The summed E-state index contributed by atoms with van der Waals surface area (Å²) >= 11 is 1.03. The second-order valence-electron chi connectivity index (χ2n) is 3.76. The lowest BCUT2D eigenvalue weighted by Crippen LogP contribution is -2.38. The molecule has 0 fully saturated rings. The molecule has 0 saturated heterocycles. The van der Waals surface area contributed by atoms with E-state index < -0.39 is 5.92 Å². The molecule has 100 valence electrons. The van der Waals surface area contributed by atoms with Crippen molar-refractivity contribution in [1.29, 1.82) is 0 Å². The number of carbonyl (C=O) groups excluding carboxylic acids is 1. The minimum Gasteiger partial charge on any atom is -0.409 e. The van der Waals surface area contributed by atoms with Gasteiger partial charge in [0.15, 0.2) is 5.84 Å². The molecule has 0 bridgehead atoms. The second-order valence-corrected chi connectivity index (χ2v) is 4.60. The molecule has 1 aromatic heterocycles. The summed E-state index contributed by atoms with van der Waals surface area (Å²) in [6.45, 7) is 2.12. The molecule has 0 spiro atoms. The zero-order valence-electron chi connectivity index (χ0n) is 9.97. The maximum absolute atomic E-state index is 11.8. The molecule has 1 heterocycles. The number of hydrogen-bond acceptors (Lipinski definition) is 5. The SMILES string of the molecule is CCCC(C(=O)NCc1csc(=O)[nH]1)C(N)=NO. The fourth-order valence-electron chi connectivity index (χ4n) is 1.48. The Kier molecular flexibility index (Phi) is 5.37. The Morgan fingerprint density at radius 3 is 2.94 bits per heavy atom. The van der Waals surface area contributed by atoms with E-state index in [1.165, 1.54) is 0 Å². The van der Waals surface area contributed by atoms with E-state index in [1.54, 1.807) is 5.38 Å². The normalized spacial score (nSPS) is 13.3. The third-order valence-corrected chi connectivity index (χ3v) is 3.11. The van der Waals surface area contributed by atoms with Gasteiger partial charge in [0.25, 0.3) is 0 Å². The summed E-state index contributed by atoms with van der Waals surface area (Å²) < 4.78 is 0. The molecular formula is C10H16N4O3S. The molecule has 1 aromatic rings. The van der Waals surface area contributed by atoms with Crippen molar-refractivity contribution >= 4 is 23.1 Å². The first kappa shape index (κ1) is 14.2. The van der Waals surface area contributed by atoms with Gasteiger partial charge in [-0.2, -0.15) is 0 Å². The van der Waals surface area contributed by atoms with E-state index >= 15 is 0 Å². The van der Waals surface area contributed by atoms with E-state index in [4.69, 9.17) is 10.9 Å². The molecule has 1 rings (SSSR count). The number of H-pyrrole nitrogens is 1. The molecule has 8 heteroatoms. The van der Waals surface area contributed by atoms with Crippen molar-refractivity contribution in [2.24, 2.45) is 16.8 Å². The zero-order valence-corrected chi connectivity index (χ0v) is 10.8. The van der Waals surface area contributed by atoms with Gasteiger partial charge in [-0.05, 0) is 6.42 Å². The summed E-state index contributed by atoms with van der Waals surface area (Å²) in [7, 11) is 0. The van der Waals surface area contributed by atoms with Crippen LogP contribution in [0.3, 0.4) is 0 Å². The van der Waals surface area contributed by atoms with E-state index in [0.717, 1.165) is 17.8 Å². The molecule has 0 aliphatic carbocycles. The highest BCUT2D eigenvalue weighted by Crippen LogP contribution is 2.07. The fraction of sp³-hybridized carbons (Fsp3) is 0.500. The Bertz CT molecular complexity index is 479. The molecule has 0 aliphatic rings. The van der Waals surface area contributed by atoms with Crippen molar-refractivity contribution in [3.8, 4) is 0 Å². The highest BCUT2D eigenvalue weighted by atomic mass is 32.1. The van der Waals surface area contributed by atoms with Crippen LogP contribution in [-0.2, 0) is 11.3 Å². The lowest BCUT2D eigenvalue weighted by Gasteiger charge is -2.13. The van der Waals surface area contributed by atoms with Crippen LogP contribution < -0.4 is 15.9 Å². The van der Waals surface area contributed by atoms with Crippen LogP contribution in [-0.4, -0.2) is 21.9 Å². The molecule has 1 amide bonds. The summed E-state index contributed by atoms with van der Waals surface area (Å²) in [4.78, 5) is 25.2. The van der Waals surface area contributed by atoms with Crippen LogP contribution in [0.1, 0.15) is 25.5 Å². The first-order chi connectivity index (χ1) is 8.58. The second kappa shape index (κ2) is 6.80. The van der Waals surface area contributed by atoms with Gasteiger partial charge >= 0.3 is 4.87 Å². The van der Waals surface area contributed by atoms with Crippen LogP contribution in [0, 0.1) is 5.92 Å². The number of rotatable bonds is 6. The average molecular weight is 272 g/mol. The summed E-state index contributed by atoms with van der Waals surface area (Å²) in [5, 5.41) is 15.7. The minimum atomic E-state index is -0.648. The van der Waals surface area contributed by atoms with Crippen molar-refractivity contribution in [1.82, 2.24) is 10.3 Å². The van der Waals surface area contributed by atoms with Gasteiger partial charge in [0, 0.05) is 11.1 Å². The number of nitrogens with one attached hydrogen (secondary N) is 2. The summed E-state index contributed by atoms with van der Waals surface area (Å²) in [5.41, 5.74) is 6.09. The Morgan fingerprint density at radius 1 is 1.72 bits per heavy atom. The van der Waals surface area contributed by atoms with Crippen molar-refractivity contribution in [2.75, 3.05) is 0 Å². The maximum atomic E-state index is 11.8. The molecule has 0 aromatic carbocycles. The third kappa shape index (κ3) is 3.88. The Balaban J connectivity index is 2.59. The van der Waals surface area contributed by atoms with E-state index in [-0.39, 0.29) is 23.2 Å². The van der Waals surface area contributed by atoms with Crippen molar-refractivity contribution in [3.05, 3.63) is 20.7 Å². The molecule has 0 saturated carbocycles. The minimum absolute atomic E-state index is 0.104. The number of hydrogen-bond donors (Lipinski definition) is 4. The van der Waals surface area contributed by atoms with Crippen molar-refractivity contribution < 1.29 is 10.0 Å². The molecule has 1 atom stereocenters. The first-order valence-corrected chi connectivity index (χ1v) is 6.38. The Hall–Kier alpha value is -1.83. The smallest absolute Gasteiger partial charge is 0.304 e.